The molecule has 1 heterocycles. The summed E-state index contributed by atoms with van der Waals surface area (Å²) in [4.78, 5) is 0. The average molecular weight is 732 g/mol. The lowest BCUT2D eigenvalue weighted by atomic mass is 9.76. The van der Waals surface area contributed by atoms with E-state index in [0.29, 0.717) is 17.0 Å². The molecule has 11 rings (SSSR count). The number of aryl methyl sites for hydroxylation is 1. The molecule has 8 aromatic rings. The maximum absolute atomic E-state index is 10.5. The highest BCUT2D eigenvalue weighted by Gasteiger charge is 2.39. The zero-order chi connectivity index (χ0) is 38.8. The van der Waals surface area contributed by atoms with Crippen molar-refractivity contribution >= 4 is 21.8 Å². The van der Waals surface area contributed by atoms with E-state index in [2.05, 4.69) is 166 Å². The van der Waals surface area contributed by atoms with Crippen molar-refractivity contribution in [1.82, 2.24) is 4.57 Å². The lowest BCUT2D eigenvalue weighted by molar-refractivity contribution is 0.615. The van der Waals surface area contributed by atoms with Crippen molar-refractivity contribution in [3.8, 4) is 51.2 Å². The largest absolute Gasteiger partial charge is 0.309 e. The molecule has 272 valence electrons. The molecular formula is C54H41N3. The van der Waals surface area contributed by atoms with Gasteiger partial charge in [0.2, 0.25) is 0 Å². The molecule has 1 aromatic heterocycles. The zero-order valence-electron chi connectivity index (χ0n) is 32.7. The summed E-state index contributed by atoms with van der Waals surface area (Å²) < 4.78 is 2.43. The van der Waals surface area contributed by atoms with Crippen molar-refractivity contribution in [2.24, 2.45) is 0 Å². The zero-order valence-corrected chi connectivity index (χ0v) is 32.7. The molecule has 3 nitrogen and oxygen atoms in total. The van der Waals surface area contributed by atoms with E-state index in [0.717, 1.165) is 41.5 Å². The van der Waals surface area contributed by atoms with Gasteiger partial charge in [0.05, 0.1) is 27.8 Å². The summed E-state index contributed by atoms with van der Waals surface area (Å²) in [5.74, 6) is 0.327. The second-order valence-corrected chi connectivity index (χ2v) is 17.4. The summed E-state index contributed by atoms with van der Waals surface area (Å²) in [5.41, 5.74) is 20.7. The summed E-state index contributed by atoms with van der Waals surface area (Å²) in [5, 5.41) is 23.3. The highest BCUT2D eigenvalue weighted by Crippen LogP contribution is 2.54. The van der Waals surface area contributed by atoms with E-state index >= 15 is 0 Å². The van der Waals surface area contributed by atoms with Crippen molar-refractivity contribution in [3.63, 3.8) is 0 Å². The fourth-order valence-corrected chi connectivity index (χ4v) is 10.9. The molecule has 0 spiro atoms. The first-order valence-electron chi connectivity index (χ1n) is 20.2. The molecule has 0 N–H and O–H groups in total. The van der Waals surface area contributed by atoms with Gasteiger partial charge in [0.25, 0.3) is 0 Å². The smallest absolute Gasteiger partial charge is 0.101 e. The van der Waals surface area contributed by atoms with Gasteiger partial charge in [-0.1, -0.05) is 125 Å². The van der Waals surface area contributed by atoms with Gasteiger partial charge in [-0.05, 0) is 134 Å². The number of hydrogen-bond acceptors (Lipinski definition) is 2. The molecule has 3 heteroatoms. The van der Waals surface area contributed by atoms with E-state index in [-0.39, 0.29) is 10.8 Å². The maximum atomic E-state index is 10.5. The van der Waals surface area contributed by atoms with Gasteiger partial charge >= 0.3 is 0 Å². The van der Waals surface area contributed by atoms with Crippen molar-refractivity contribution in [3.05, 3.63) is 184 Å². The second kappa shape index (κ2) is 11.9. The number of benzene rings is 7. The first kappa shape index (κ1) is 33.6. The van der Waals surface area contributed by atoms with Gasteiger partial charge in [0.1, 0.15) is 12.1 Å². The SMILES string of the molecule is CC1(C)c2ccccc2-c2cc3c(cc21)c1cc2c(cc1n3-c1cc(C#N)c(C#N)cc1CCC1Cc3ccccc3-c3ccccc31)C(C)(C)c1ccccc1-2. The number of nitriles is 2. The first-order chi connectivity index (χ1) is 27.7. The summed E-state index contributed by atoms with van der Waals surface area (Å²) in [6.07, 6.45) is 2.66. The molecule has 3 aliphatic carbocycles. The topological polar surface area (TPSA) is 52.5 Å². The molecule has 0 fully saturated rings. The molecule has 1 unspecified atom stereocenters. The average Bonchev–Trinajstić information content (AvgIpc) is 3.76. The molecule has 0 bridgehead atoms. The van der Waals surface area contributed by atoms with Gasteiger partial charge < -0.3 is 4.57 Å². The van der Waals surface area contributed by atoms with E-state index in [9.17, 15) is 10.5 Å². The van der Waals surface area contributed by atoms with Crippen molar-refractivity contribution in [2.75, 3.05) is 0 Å². The Balaban J connectivity index is 1.17. The van der Waals surface area contributed by atoms with E-state index in [1.807, 2.05) is 12.1 Å². The number of aromatic nitrogens is 1. The normalized spacial score (nSPS) is 16.2. The Morgan fingerprint density at radius 3 is 1.79 bits per heavy atom. The van der Waals surface area contributed by atoms with Crippen LogP contribution in [0.1, 0.15) is 90.1 Å². The quantitative estimate of drug-likeness (QED) is 0.181. The number of hydrogen-bond donors (Lipinski definition) is 0. The Bertz CT molecular complexity index is 3140. The number of fused-ring (bicyclic) bond motifs is 12. The molecule has 7 aromatic carbocycles. The van der Waals surface area contributed by atoms with Gasteiger partial charge in [-0.3, -0.25) is 0 Å². The molecule has 0 aliphatic heterocycles. The predicted molar refractivity (Wildman–Crippen MR) is 232 cm³/mol. The van der Waals surface area contributed by atoms with Gasteiger partial charge in [0.15, 0.2) is 0 Å². The van der Waals surface area contributed by atoms with E-state index in [1.165, 1.54) is 77.5 Å². The molecule has 3 aliphatic rings. The third kappa shape index (κ3) is 4.64. The van der Waals surface area contributed by atoms with Crippen molar-refractivity contribution in [2.45, 2.75) is 63.7 Å². The van der Waals surface area contributed by atoms with Crippen LogP contribution in [0.15, 0.2) is 133 Å². The highest BCUT2D eigenvalue weighted by atomic mass is 15.0. The number of rotatable bonds is 4. The Morgan fingerprint density at radius 2 is 1.09 bits per heavy atom. The fraction of sp³-hybridized carbons (Fsp3) is 0.185. The van der Waals surface area contributed by atoms with Gasteiger partial charge in [-0.15, -0.1) is 0 Å². The predicted octanol–water partition coefficient (Wildman–Crippen LogP) is 13.1. The minimum absolute atomic E-state index is 0.150. The fourth-order valence-electron chi connectivity index (χ4n) is 10.9. The summed E-state index contributed by atoms with van der Waals surface area (Å²) in [6, 6.07) is 53.9. The third-order valence-electron chi connectivity index (χ3n) is 13.8. The monoisotopic (exact) mass is 731 g/mol. The summed E-state index contributed by atoms with van der Waals surface area (Å²) in [7, 11) is 0. The molecule has 0 saturated carbocycles. The van der Waals surface area contributed by atoms with Crippen LogP contribution in [0.4, 0.5) is 0 Å². The Kier molecular flexibility index (Phi) is 7.03. The lowest BCUT2D eigenvalue weighted by Gasteiger charge is -2.28. The summed E-state index contributed by atoms with van der Waals surface area (Å²) >= 11 is 0. The lowest BCUT2D eigenvalue weighted by Crippen LogP contribution is -2.15. The van der Waals surface area contributed by atoms with Gasteiger partial charge in [-0.25, -0.2) is 0 Å². The molecule has 1 atom stereocenters. The second-order valence-electron chi connectivity index (χ2n) is 17.4. The van der Waals surface area contributed by atoms with Crippen LogP contribution < -0.4 is 0 Å². The molecular weight excluding hydrogens is 691 g/mol. The minimum atomic E-state index is -0.180. The van der Waals surface area contributed by atoms with Crippen LogP contribution in [0.3, 0.4) is 0 Å². The van der Waals surface area contributed by atoms with Crippen LogP contribution in [0.25, 0.3) is 60.9 Å². The first-order valence-corrected chi connectivity index (χ1v) is 20.2. The molecule has 57 heavy (non-hydrogen) atoms. The van der Waals surface area contributed by atoms with Crippen LogP contribution in [-0.4, -0.2) is 4.57 Å². The van der Waals surface area contributed by atoms with Crippen LogP contribution in [-0.2, 0) is 23.7 Å². The van der Waals surface area contributed by atoms with Crippen LogP contribution in [0.5, 0.6) is 0 Å². The molecule has 0 amide bonds. The van der Waals surface area contributed by atoms with Gasteiger partial charge in [0, 0.05) is 21.6 Å². The molecule has 0 saturated heterocycles. The van der Waals surface area contributed by atoms with E-state index in [1.54, 1.807) is 0 Å². The molecule has 0 radical (unpaired) electrons. The Morgan fingerprint density at radius 1 is 0.544 bits per heavy atom. The van der Waals surface area contributed by atoms with Crippen LogP contribution in [0, 0.1) is 22.7 Å². The van der Waals surface area contributed by atoms with E-state index < -0.39 is 0 Å². The van der Waals surface area contributed by atoms with Crippen LogP contribution >= 0.6 is 0 Å². The highest BCUT2D eigenvalue weighted by molar-refractivity contribution is 6.13. The van der Waals surface area contributed by atoms with Crippen molar-refractivity contribution in [1.29, 1.82) is 10.5 Å². The third-order valence-corrected chi connectivity index (χ3v) is 13.8. The van der Waals surface area contributed by atoms with Gasteiger partial charge in [-0.2, -0.15) is 10.5 Å². The van der Waals surface area contributed by atoms with E-state index in [4.69, 9.17) is 0 Å². The Labute approximate surface area is 334 Å². The Hall–Kier alpha value is -6.68. The standard InChI is InChI=1S/C54H41N3/c1-53(2)47-20-12-10-18-41(47)43-28-51-45(27-48(43)53)44-26-42-40-17-9-11-19-46(40)54(3,4)49(42)29-52(44)57(51)50-25-36(31-56)35(30-55)24-34(50)22-21-33-23-32-13-5-6-14-37(32)39-16-8-7-15-38(33)39/h5-20,24-29,33H,21-23H2,1-4H3. The minimum Gasteiger partial charge on any atom is -0.309 e. The number of nitrogens with zero attached hydrogens (tertiary/aromatic N) is 3. The van der Waals surface area contributed by atoms with Crippen molar-refractivity contribution < 1.29 is 0 Å². The van der Waals surface area contributed by atoms with Crippen LogP contribution in [0.2, 0.25) is 0 Å². The summed E-state index contributed by atoms with van der Waals surface area (Å²) in [6.45, 7) is 9.37. The maximum Gasteiger partial charge on any atom is 0.101 e.